The van der Waals surface area contributed by atoms with Crippen molar-refractivity contribution < 1.29 is 4.42 Å². The van der Waals surface area contributed by atoms with Gasteiger partial charge in [-0.2, -0.15) is 0 Å². The van der Waals surface area contributed by atoms with Gasteiger partial charge in [-0.3, -0.25) is 0 Å². The van der Waals surface area contributed by atoms with Gasteiger partial charge in [0.15, 0.2) is 0 Å². The van der Waals surface area contributed by atoms with Gasteiger partial charge < -0.3 is 4.42 Å². The Labute approximate surface area is 225 Å². The maximum Gasteiger partial charge on any atom is 0.247 e. The van der Waals surface area contributed by atoms with Gasteiger partial charge in [-0.25, -0.2) is 9.97 Å². The average molecular weight is 499 g/mol. The molecule has 0 unspecified atom stereocenters. The number of nitrogens with zero attached hydrogens (tertiary/aromatic N) is 2. The summed E-state index contributed by atoms with van der Waals surface area (Å²) < 4.78 is 5.92. The van der Waals surface area contributed by atoms with E-state index in [0.717, 1.165) is 22.2 Å². The lowest BCUT2D eigenvalue weighted by Gasteiger charge is -2.12. The standard InChI is InChI=1S/C36H22N2O/c1-2-14-30-28(12-1)29-13-3-4-15-31(29)33-22-26(17-18-32(30)33)24-9-5-8-23(20-24)25-10-6-11-27(21-25)35-38-34-16-7-19-37-36(34)39-35/h1-22H. The van der Waals surface area contributed by atoms with Crippen LogP contribution in [0.5, 0.6) is 0 Å². The van der Waals surface area contributed by atoms with E-state index in [1.807, 2.05) is 24.3 Å². The first kappa shape index (κ1) is 21.8. The van der Waals surface area contributed by atoms with Crippen LogP contribution in [0.25, 0.3) is 77.3 Å². The molecule has 2 aromatic heterocycles. The molecule has 6 aromatic carbocycles. The number of benzene rings is 6. The Balaban J connectivity index is 1.24. The molecule has 0 spiro atoms. The van der Waals surface area contributed by atoms with Crippen LogP contribution in [-0.2, 0) is 0 Å². The van der Waals surface area contributed by atoms with Gasteiger partial charge in [0.25, 0.3) is 0 Å². The van der Waals surface area contributed by atoms with Crippen LogP contribution in [0.4, 0.5) is 0 Å². The van der Waals surface area contributed by atoms with Crippen LogP contribution >= 0.6 is 0 Å². The summed E-state index contributed by atoms with van der Waals surface area (Å²) in [7, 11) is 0. The lowest BCUT2D eigenvalue weighted by Crippen LogP contribution is -1.86. The van der Waals surface area contributed by atoms with Crippen molar-refractivity contribution in [3.05, 3.63) is 134 Å². The largest absolute Gasteiger partial charge is 0.418 e. The van der Waals surface area contributed by atoms with Gasteiger partial charge in [0.1, 0.15) is 5.52 Å². The molecule has 0 amide bonds. The van der Waals surface area contributed by atoms with E-state index in [9.17, 15) is 0 Å². The molecule has 3 nitrogen and oxygen atoms in total. The molecule has 0 radical (unpaired) electrons. The predicted octanol–water partition coefficient (Wildman–Crippen LogP) is 9.68. The summed E-state index contributed by atoms with van der Waals surface area (Å²) in [5.41, 5.74) is 6.89. The van der Waals surface area contributed by atoms with Crippen molar-refractivity contribution in [3.8, 4) is 33.7 Å². The Hall–Kier alpha value is -5.28. The molecule has 39 heavy (non-hydrogen) atoms. The highest BCUT2D eigenvalue weighted by Crippen LogP contribution is 2.38. The van der Waals surface area contributed by atoms with Crippen molar-refractivity contribution in [2.75, 3.05) is 0 Å². The molecule has 0 N–H and O–H groups in total. The van der Waals surface area contributed by atoms with Crippen molar-refractivity contribution in [2.24, 2.45) is 0 Å². The zero-order valence-corrected chi connectivity index (χ0v) is 21.0. The first-order chi connectivity index (χ1) is 19.3. The number of hydrogen-bond donors (Lipinski definition) is 0. The summed E-state index contributed by atoms with van der Waals surface area (Å²) in [6, 6.07) is 45.1. The zero-order valence-electron chi connectivity index (χ0n) is 21.0. The minimum Gasteiger partial charge on any atom is -0.418 e. The number of fused-ring (bicyclic) bond motifs is 7. The molecule has 8 rings (SSSR count). The monoisotopic (exact) mass is 498 g/mol. The van der Waals surface area contributed by atoms with E-state index in [0.29, 0.717) is 11.6 Å². The van der Waals surface area contributed by atoms with E-state index < -0.39 is 0 Å². The van der Waals surface area contributed by atoms with Gasteiger partial charge in [0.2, 0.25) is 11.6 Å². The molecule has 0 saturated heterocycles. The molecular weight excluding hydrogens is 476 g/mol. The third kappa shape index (κ3) is 3.59. The number of rotatable bonds is 3. The molecule has 8 aromatic rings. The Morgan fingerprint density at radius 1 is 0.410 bits per heavy atom. The number of aromatic nitrogens is 2. The molecule has 0 saturated carbocycles. The van der Waals surface area contributed by atoms with Crippen molar-refractivity contribution in [2.45, 2.75) is 0 Å². The normalized spacial score (nSPS) is 11.6. The first-order valence-corrected chi connectivity index (χ1v) is 13.1. The minimum absolute atomic E-state index is 0.552. The summed E-state index contributed by atoms with van der Waals surface area (Å²) in [6.07, 6.45) is 1.72. The summed E-state index contributed by atoms with van der Waals surface area (Å²) in [5, 5.41) is 7.72. The lowest BCUT2D eigenvalue weighted by molar-refractivity contribution is 0.608. The maximum atomic E-state index is 5.92. The smallest absolute Gasteiger partial charge is 0.247 e. The summed E-state index contributed by atoms with van der Waals surface area (Å²) in [4.78, 5) is 8.91. The van der Waals surface area contributed by atoms with Crippen LogP contribution in [-0.4, -0.2) is 9.97 Å². The fraction of sp³-hybridized carbons (Fsp3) is 0. The minimum atomic E-state index is 0.552. The van der Waals surface area contributed by atoms with Crippen LogP contribution in [0.3, 0.4) is 0 Å². The van der Waals surface area contributed by atoms with Gasteiger partial charge >= 0.3 is 0 Å². The fourth-order valence-corrected chi connectivity index (χ4v) is 5.69. The Morgan fingerprint density at radius 2 is 0.949 bits per heavy atom. The van der Waals surface area contributed by atoms with Crippen molar-refractivity contribution >= 4 is 43.5 Å². The molecule has 0 aliphatic heterocycles. The SMILES string of the molecule is c1cc(-c2cccc(-c3nc4cccnc4o3)c2)cc(-c2ccc3c4ccccc4c4ccccc4c3c2)c1. The highest BCUT2D eigenvalue weighted by molar-refractivity contribution is 6.25. The highest BCUT2D eigenvalue weighted by Gasteiger charge is 2.12. The third-order valence-electron chi connectivity index (χ3n) is 7.55. The van der Waals surface area contributed by atoms with E-state index in [2.05, 4.69) is 113 Å². The van der Waals surface area contributed by atoms with E-state index in [4.69, 9.17) is 4.42 Å². The Kier molecular flexibility index (Phi) is 4.82. The van der Waals surface area contributed by atoms with Gasteiger partial charge in [0.05, 0.1) is 0 Å². The molecule has 0 aliphatic carbocycles. The quantitative estimate of drug-likeness (QED) is 0.228. The molecule has 0 atom stereocenters. The molecule has 2 heterocycles. The number of pyridine rings is 1. The van der Waals surface area contributed by atoms with E-state index in [-0.39, 0.29) is 0 Å². The molecule has 0 fully saturated rings. The van der Waals surface area contributed by atoms with Crippen LogP contribution in [0.2, 0.25) is 0 Å². The summed E-state index contributed by atoms with van der Waals surface area (Å²) in [6.45, 7) is 0. The second-order valence-corrected chi connectivity index (χ2v) is 9.86. The molecule has 3 heteroatoms. The predicted molar refractivity (Wildman–Crippen MR) is 161 cm³/mol. The lowest BCUT2D eigenvalue weighted by atomic mass is 9.91. The first-order valence-electron chi connectivity index (χ1n) is 13.1. The maximum absolute atomic E-state index is 5.92. The van der Waals surface area contributed by atoms with Gasteiger partial charge in [-0.05, 0) is 91.0 Å². The van der Waals surface area contributed by atoms with Crippen LogP contribution in [0.1, 0.15) is 0 Å². The number of hydrogen-bond acceptors (Lipinski definition) is 3. The Bertz CT molecular complexity index is 2120. The molecular formula is C36H22N2O. The second-order valence-electron chi connectivity index (χ2n) is 9.86. The van der Waals surface area contributed by atoms with E-state index in [1.54, 1.807) is 6.20 Å². The Morgan fingerprint density at radius 3 is 1.59 bits per heavy atom. The third-order valence-corrected chi connectivity index (χ3v) is 7.55. The molecule has 182 valence electrons. The highest BCUT2D eigenvalue weighted by atomic mass is 16.4. The molecule has 0 bridgehead atoms. The number of oxazole rings is 1. The van der Waals surface area contributed by atoms with E-state index >= 15 is 0 Å². The fourth-order valence-electron chi connectivity index (χ4n) is 5.69. The van der Waals surface area contributed by atoms with E-state index in [1.165, 1.54) is 43.4 Å². The average Bonchev–Trinajstić information content (AvgIpc) is 3.46. The van der Waals surface area contributed by atoms with Crippen LogP contribution in [0.15, 0.2) is 138 Å². The van der Waals surface area contributed by atoms with Gasteiger partial charge in [-0.1, -0.05) is 91.0 Å². The van der Waals surface area contributed by atoms with Crippen molar-refractivity contribution in [1.29, 1.82) is 0 Å². The van der Waals surface area contributed by atoms with Crippen LogP contribution in [0, 0.1) is 0 Å². The van der Waals surface area contributed by atoms with Crippen LogP contribution < -0.4 is 0 Å². The van der Waals surface area contributed by atoms with Crippen molar-refractivity contribution in [3.63, 3.8) is 0 Å². The summed E-state index contributed by atoms with van der Waals surface area (Å²) >= 11 is 0. The van der Waals surface area contributed by atoms with Gasteiger partial charge in [-0.15, -0.1) is 0 Å². The second kappa shape index (κ2) is 8.64. The van der Waals surface area contributed by atoms with Crippen molar-refractivity contribution in [1.82, 2.24) is 9.97 Å². The zero-order chi connectivity index (χ0) is 25.8. The van der Waals surface area contributed by atoms with Gasteiger partial charge in [0, 0.05) is 11.8 Å². The molecule has 0 aliphatic rings. The topological polar surface area (TPSA) is 38.9 Å². The summed E-state index contributed by atoms with van der Waals surface area (Å²) in [5.74, 6) is 0.579.